The first-order valence-corrected chi connectivity index (χ1v) is 13.5. The number of amides is 1. The van der Waals surface area contributed by atoms with E-state index in [1.54, 1.807) is 14.0 Å². The van der Waals surface area contributed by atoms with E-state index in [0.717, 1.165) is 35.3 Å². The van der Waals surface area contributed by atoms with Crippen molar-refractivity contribution in [2.75, 3.05) is 7.05 Å². The molecule has 0 aliphatic rings. The standard InChI is InChI=1S/C31H45NO5/c1-10-30(11-2,24-14-16-26(20(5)18-24)28(33)32(9)22(7)29(34)35)25-15-17-27(21(6)19-25)37-23(8)31(36,12-3)13-4/h14-19,22-23,36H,10-13H2,1-9H3,(H,34,35)/p+1. The van der Waals surface area contributed by atoms with E-state index in [4.69, 9.17) is 9.84 Å². The first-order chi connectivity index (χ1) is 17.3. The molecule has 2 atom stereocenters. The van der Waals surface area contributed by atoms with Gasteiger partial charge >= 0.3 is 5.97 Å². The van der Waals surface area contributed by atoms with Gasteiger partial charge in [0, 0.05) is 22.8 Å². The lowest BCUT2D eigenvalue weighted by molar-refractivity contribution is -0.141. The number of ether oxygens (including phenoxy) is 1. The number of aryl methyl sites for hydroxylation is 2. The zero-order chi connectivity index (χ0) is 28.1. The molecule has 1 amide bonds. The lowest BCUT2D eigenvalue weighted by Crippen LogP contribution is -2.43. The van der Waals surface area contributed by atoms with Gasteiger partial charge in [-0.25, -0.2) is 0 Å². The summed E-state index contributed by atoms with van der Waals surface area (Å²) in [6.45, 7) is 15.8. The summed E-state index contributed by atoms with van der Waals surface area (Å²) in [6, 6.07) is 11.4. The molecule has 0 radical (unpaired) electrons. The Labute approximate surface area is 222 Å². The number of carbonyl (C=O) groups is 2. The number of hydrogen-bond acceptors (Lipinski definition) is 4. The number of likely N-dealkylation sites (N-methyl/N-ethyl adjacent to an activating group) is 1. The van der Waals surface area contributed by atoms with Gasteiger partial charge in [-0.2, -0.15) is 0 Å². The number of nitrogens with zero attached hydrogens (tertiary/aromatic N) is 1. The molecule has 2 rings (SSSR count). The van der Waals surface area contributed by atoms with Crippen molar-refractivity contribution >= 4 is 11.9 Å². The number of benzene rings is 2. The molecule has 0 spiro atoms. The topological polar surface area (TPSA) is 89.7 Å². The SMILES string of the molecule is CCC(CC)(c1ccc(OC(C)C(O)(CC)CC)c(C)c1)c1ccc(C(=O)N(C)C(C)C(=O)[OH2+])c(C)c1. The zero-order valence-electron chi connectivity index (χ0n) is 24.1. The predicted molar refractivity (Wildman–Crippen MR) is 150 cm³/mol. The second kappa shape index (κ2) is 12.1. The molecule has 0 saturated heterocycles. The second-order valence-corrected chi connectivity index (χ2v) is 10.3. The summed E-state index contributed by atoms with van der Waals surface area (Å²) in [5, 5.41) is 18.2. The Bertz CT molecular complexity index is 1100. The van der Waals surface area contributed by atoms with Gasteiger partial charge in [0.15, 0.2) is 6.04 Å². The Morgan fingerprint density at radius 3 is 1.86 bits per heavy atom. The smallest absolute Gasteiger partial charge is 0.538 e. The minimum Gasteiger partial charge on any atom is -0.563 e. The molecule has 6 heteroatoms. The van der Waals surface area contributed by atoms with Crippen molar-refractivity contribution in [2.45, 2.75) is 104 Å². The van der Waals surface area contributed by atoms with Gasteiger partial charge in [0.05, 0.1) is 0 Å². The lowest BCUT2D eigenvalue weighted by Gasteiger charge is -2.35. The van der Waals surface area contributed by atoms with Crippen molar-refractivity contribution in [2.24, 2.45) is 0 Å². The van der Waals surface area contributed by atoms with Gasteiger partial charge in [0.1, 0.15) is 17.5 Å². The summed E-state index contributed by atoms with van der Waals surface area (Å²) in [5.74, 6) is -0.274. The van der Waals surface area contributed by atoms with Crippen LogP contribution in [0.2, 0.25) is 0 Å². The summed E-state index contributed by atoms with van der Waals surface area (Å²) in [7, 11) is 1.56. The normalized spacial score (nSPS) is 13.7. The number of rotatable bonds is 12. The van der Waals surface area contributed by atoms with Gasteiger partial charge in [-0.3, -0.25) is 4.79 Å². The van der Waals surface area contributed by atoms with Crippen molar-refractivity contribution in [1.29, 1.82) is 0 Å². The summed E-state index contributed by atoms with van der Waals surface area (Å²) < 4.78 is 6.22. The molecule has 0 aliphatic heterocycles. The van der Waals surface area contributed by atoms with E-state index in [0.29, 0.717) is 18.4 Å². The van der Waals surface area contributed by atoms with E-state index in [9.17, 15) is 14.7 Å². The van der Waals surface area contributed by atoms with Crippen LogP contribution < -0.4 is 4.74 Å². The van der Waals surface area contributed by atoms with Gasteiger partial charge < -0.3 is 19.8 Å². The lowest BCUT2D eigenvalue weighted by atomic mass is 9.70. The molecule has 204 valence electrons. The molecule has 37 heavy (non-hydrogen) atoms. The fourth-order valence-corrected chi connectivity index (χ4v) is 5.18. The summed E-state index contributed by atoms with van der Waals surface area (Å²) in [4.78, 5) is 25.8. The van der Waals surface area contributed by atoms with Gasteiger partial charge in [0.25, 0.3) is 5.91 Å². The molecule has 2 aromatic rings. The minimum absolute atomic E-state index is 0.245. The largest absolute Gasteiger partial charge is 0.563 e. The maximum Gasteiger partial charge on any atom is 0.538 e. The summed E-state index contributed by atoms with van der Waals surface area (Å²) in [5.41, 5.74) is 3.60. The van der Waals surface area contributed by atoms with E-state index in [2.05, 4.69) is 32.0 Å². The van der Waals surface area contributed by atoms with Crippen LogP contribution in [0.25, 0.3) is 0 Å². The van der Waals surface area contributed by atoms with Gasteiger partial charge in [-0.1, -0.05) is 52.0 Å². The van der Waals surface area contributed by atoms with Crippen LogP contribution in [0, 0.1) is 13.8 Å². The van der Waals surface area contributed by atoms with Crippen LogP contribution in [-0.4, -0.2) is 51.8 Å². The molecule has 0 aliphatic carbocycles. The van der Waals surface area contributed by atoms with Gasteiger partial charge in [0.2, 0.25) is 0 Å². The van der Waals surface area contributed by atoms with E-state index in [1.165, 1.54) is 10.5 Å². The van der Waals surface area contributed by atoms with E-state index < -0.39 is 17.6 Å². The zero-order valence-corrected chi connectivity index (χ0v) is 24.1. The molecule has 2 aromatic carbocycles. The Morgan fingerprint density at radius 1 is 0.919 bits per heavy atom. The Hall–Kier alpha value is -2.86. The third-order valence-electron chi connectivity index (χ3n) is 8.51. The summed E-state index contributed by atoms with van der Waals surface area (Å²) >= 11 is 0. The molecule has 3 N–H and O–H groups in total. The third kappa shape index (κ3) is 6.01. The Kier molecular flexibility index (Phi) is 9.95. The Morgan fingerprint density at radius 2 is 1.43 bits per heavy atom. The minimum atomic E-state index is -0.863. The molecule has 2 unspecified atom stereocenters. The van der Waals surface area contributed by atoms with E-state index >= 15 is 0 Å². The average Bonchev–Trinajstić information content (AvgIpc) is 2.89. The van der Waals surface area contributed by atoms with Crippen molar-refractivity contribution < 1.29 is 24.5 Å². The van der Waals surface area contributed by atoms with E-state index in [1.807, 2.05) is 52.8 Å². The first-order valence-electron chi connectivity index (χ1n) is 13.5. The molecule has 0 saturated carbocycles. The quantitative estimate of drug-likeness (QED) is 0.384. The maximum atomic E-state index is 13.0. The highest BCUT2D eigenvalue weighted by atomic mass is 16.5. The van der Waals surface area contributed by atoms with Crippen molar-refractivity contribution in [1.82, 2.24) is 4.90 Å². The van der Waals surface area contributed by atoms with E-state index in [-0.39, 0.29) is 17.4 Å². The highest BCUT2D eigenvalue weighted by Crippen LogP contribution is 2.41. The first kappa shape index (κ1) is 30.4. The highest BCUT2D eigenvalue weighted by molar-refractivity contribution is 5.97. The molecule has 0 aromatic heterocycles. The predicted octanol–water partition coefficient (Wildman–Crippen LogP) is 5.44. The molecule has 0 heterocycles. The number of carbonyl (C=O) groups excluding carboxylic acids is 2. The van der Waals surface area contributed by atoms with Crippen LogP contribution in [0.1, 0.15) is 99.8 Å². The van der Waals surface area contributed by atoms with Gasteiger partial charge in [-0.15, -0.1) is 0 Å². The van der Waals surface area contributed by atoms with Crippen LogP contribution in [-0.2, 0) is 10.2 Å². The van der Waals surface area contributed by atoms with Crippen molar-refractivity contribution in [3.8, 4) is 5.75 Å². The molecular formula is C31H46NO5+. The van der Waals surface area contributed by atoms with Crippen LogP contribution in [0.4, 0.5) is 0 Å². The van der Waals surface area contributed by atoms with Crippen LogP contribution >= 0.6 is 0 Å². The van der Waals surface area contributed by atoms with Crippen molar-refractivity contribution in [3.63, 3.8) is 0 Å². The number of aliphatic hydroxyl groups is 1. The van der Waals surface area contributed by atoms with Crippen LogP contribution in [0.15, 0.2) is 36.4 Å². The maximum absolute atomic E-state index is 13.0. The Balaban J connectivity index is 2.45. The highest BCUT2D eigenvalue weighted by Gasteiger charge is 2.35. The molecule has 0 bridgehead atoms. The summed E-state index contributed by atoms with van der Waals surface area (Å²) in [6.07, 6.45) is 2.68. The van der Waals surface area contributed by atoms with Crippen LogP contribution in [0.5, 0.6) is 5.75 Å². The molecule has 6 nitrogen and oxygen atoms in total. The molecular weight excluding hydrogens is 466 g/mol. The van der Waals surface area contributed by atoms with Gasteiger partial charge in [-0.05, 0) is 87.8 Å². The second-order valence-electron chi connectivity index (χ2n) is 10.3. The molecule has 0 fully saturated rings. The fourth-order valence-electron chi connectivity index (χ4n) is 5.18. The third-order valence-corrected chi connectivity index (χ3v) is 8.51. The monoisotopic (exact) mass is 512 g/mol. The van der Waals surface area contributed by atoms with Crippen molar-refractivity contribution in [3.05, 3.63) is 64.2 Å². The fraction of sp³-hybridized carbons (Fsp3) is 0.548. The average molecular weight is 513 g/mol. The van der Waals surface area contributed by atoms with Crippen LogP contribution in [0.3, 0.4) is 0 Å². The number of hydrogen-bond donors (Lipinski definition) is 1.